The summed E-state index contributed by atoms with van der Waals surface area (Å²) in [6.07, 6.45) is 2.44. The Bertz CT molecular complexity index is 108. The molecule has 0 heterocycles. The number of hydrogen-bond donors (Lipinski definition) is 2. The van der Waals surface area contributed by atoms with E-state index in [1.807, 2.05) is 6.92 Å². The molecule has 2 heteroatoms. The van der Waals surface area contributed by atoms with Gasteiger partial charge in [-0.2, -0.15) is 0 Å². The zero-order chi connectivity index (χ0) is 7.98. The Morgan fingerprint density at radius 3 is 2.60 bits per heavy atom. The van der Waals surface area contributed by atoms with Gasteiger partial charge in [0, 0.05) is 5.70 Å². The van der Waals surface area contributed by atoms with Gasteiger partial charge in [-0.25, -0.2) is 0 Å². The summed E-state index contributed by atoms with van der Waals surface area (Å²) in [6.45, 7) is 9.31. The lowest BCUT2D eigenvalue weighted by atomic mass is 10.4. The zero-order valence-electron chi connectivity index (χ0n) is 7.36. The number of nitrogens with one attached hydrogen (secondary N) is 2. The SMILES string of the molecule is C/C=C(/C)NC(C)NCC. The van der Waals surface area contributed by atoms with E-state index in [1.165, 1.54) is 5.70 Å². The molecular formula is C8H18N2. The van der Waals surface area contributed by atoms with Crippen LogP contribution in [0.5, 0.6) is 0 Å². The summed E-state index contributed by atoms with van der Waals surface area (Å²) < 4.78 is 0. The molecule has 0 spiro atoms. The Kier molecular flexibility index (Phi) is 5.03. The van der Waals surface area contributed by atoms with Crippen molar-refractivity contribution in [3.05, 3.63) is 11.8 Å². The molecule has 0 aliphatic heterocycles. The molecular weight excluding hydrogens is 124 g/mol. The van der Waals surface area contributed by atoms with Crippen LogP contribution in [0.15, 0.2) is 11.8 Å². The van der Waals surface area contributed by atoms with E-state index >= 15 is 0 Å². The lowest BCUT2D eigenvalue weighted by molar-refractivity contribution is 0.507. The molecule has 0 fully saturated rings. The molecule has 0 aliphatic carbocycles. The third-order valence-electron chi connectivity index (χ3n) is 1.39. The summed E-state index contributed by atoms with van der Waals surface area (Å²) in [5, 5.41) is 6.54. The summed E-state index contributed by atoms with van der Waals surface area (Å²) in [7, 11) is 0. The van der Waals surface area contributed by atoms with E-state index < -0.39 is 0 Å². The first-order valence-electron chi connectivity index (χ1n) is 3.83. The molecule has 0 aliphatic rings. The maximum atomic E-state index is 3.28. The maximum absolute atomic E-state index is 3.28. The topological polar surface area (TPSA) is 24.1 Å². The van der Waals surface area contributed by atoms with Crippen molar-refractivity contribution >= 4 is 0 Å². The van der Waals surface area contributed by atoms with Crippen molar-refractivity contribution in [3.8, 4) is 0 Å². The van der Waals surface area contributed by atoms with Crippen molar-refractivity contribution in [2.75, 3.05) is 6.54 Å². The van der Waals surface area contributed by atoms with Gasteiger partial charge in [0.2, 0.25) is 0 Å². The van der Waals surface area contributed by atoms with Crippen molar-refractivity contribution in [1.82, 2.24) is 10.6 Å². The molecule has 0 radical (unpaired) electrons. The van der Waals surface area contributed by atoms with E-state index in [2.05, 4.69) is 37.5 Å². The minimum absolute atomic E-state index is 0.376. The average Bonchev–Trinajstić information content (AvgIpc) is 1.88. The predicted octanol–water partition coefficient (Wildman–Crippen LogP) is 1.46. The van der Waals surface area contributed by atoms with Crippen LogP contribution in [0.4, 0.5) is 0 Å². The first-order chi connectivity index (χ1) is 4.70. The van der Waals surface area contributed by atoms with Crippen molar-refractivity contribution in [2.45, 2.75) is 33.9 Å². The van der Waals surface area contributed by atoms with Crippen molar-refractivity contribution < 1.29 is 0 Å². The van der Waals surface area contributed by atoms with Gasteiger partial charge in [0.25, 0.3) is 0 Å². The van der Waals surface area contributed by atoms with Gasteiger partial charge in [0.1, 0.15) is 0 Å². The minimum atomic E-state index is 0.376. The highest BCUT2D eigenvalue weighted by Crippen LogP contribution is 1.86. The summed E-state index contributed by atoms with van der Waals surface area (Å²) in [5.41, 5.74) is 1.22. The summed E-state index contributed by atoms with van der Waals surface area (Å²) in [4.78, 5) is 0. The van der Waals surface area contributed by atoms with Gasteiger partial charge in [-0.15, -0.1) is 0 Å². The first kappa shape index (κ1) is 9.50. The van der Waals surface area contributed by atoms with Gasteiger partial charge in [-0.3, -0.25) is 5.32 Å². The van der Waals surface area contributed by atoms with E-state index in [0.717, 1.165) is 6.54 Å². The van der Waals surface area contributed by atoms with Gasteiger partial charge in [0.15, 0.2) is 0 Å². The molecule has 0 aromatic heterocycles. The molecule has 0 amide bonds. The lowest BCUT2D eigenvalue weighted by Gasteiger charge is -2.15. The van der Waals surface area contributed by atoms with Gasteiger partial charge in [-0.1, -0.05) is 13.0 Å². The zero-order valence-corrected chi connectivity index (χ0v) is 7.36. The maximum Gasteiger partial charge on any atom is 0.0736 e. The smallest absolute Gasteiger partial charge is 0.0736 e. The van der Waals surface area contributed by atoms with Gasteiger partial charge < -0.3 is 5.32 Å². The Balaban J connectivity index is 3.47. The van der Waals surface area contributed by atoms with E-state index in [1.54, 1.807) is 0 Å². The summed E-state index contributed by atoms with van der Waals surface area (Å²) in [5.74, 6) is 0. The van der Waals surface area contributed by atoms with Crippen molar-refractivity contribution in [1.29, 1.82) is 0 Å². The number of rotatable bonds is 4. The summed E-state index contributed by atoms with van der Waals surface area (Å²) in [6, 6.07) is 0. The molecule has 0 saturated heterocycles. The second-order valence-electron chi connectivity index (χ2n) is 2.40. The highest BCUT2D eigenvalue weighted by molar-refractivity contribution is 4.93. The number of hydrogen-bond acceptors (Lipinski definition) is 2. The highest BCUT2D eigenvalue weighted by atomic mass is 15.1. The average molecular weight is 142 g/mol. The quantitative estimate of drug-likeness (QED) is 0.581. The molecule has 1 atom stereocenters. The predicted molar refractivity (Wildman–Crippen MR) is 45.7 cm³/mol. The standard InChI is InChI=1S/C8H18N2/c1-5-7(3)10-8(4)9-6-2/h5,8-10H,6H2,1-4H3/b7-5-. The molecule has 0 bridgehead atoms. The van der Waals surface area contributed by atoms with Crippen LogP contribution >= 0.6 is 0 Å². The molecule has 2 N–H and O–H groups in total. The van der Waals surface area contributed by atoms with Crippen molar-refractivity contribution in [2.24, 2.45) is 0 Å². The van der Waals surface area contributed by atoms with E-state index in [0.29, 0.717) is 6.17 Å². The third-order valence-corrected chi connectivity index (χ3v) is 1.39. The van der Waals surface area contributed by atoms with E-state index in [9.17, 15) is 0 Å². The Labute approximate surface area is 63.7 Å². The summed E-state index contributed by atoms with van der Waals surface area (Å²) >= 11 is 0. The monoisotopic (exact) mass is 142 g/mol. The minimum Gasteiger partial charge on any atom is -0.374 e. The molecule has 0 aromatic rings. The second-order valence-corrected chi connectivity index (χ2v) is 2.40. The molecule has 1 unspecified atom stereocenters. The Morgan fingerprint density at radius 2 is 2.20 bits per heavy atom. The molecule has 10 heavy (non-hydrogen) atoms. The van der Waals surface area contributed by atoms with Crippen LogP contribution in [0.1, 0.15) is 27.7 Å². The molecule has 2 nitrogen and oxygen atoms in total. The number of allylic oxidation sites excluding steroid dienone is 2. The fourth-order valence-corrected chi connectivity index (χ4v) is 0.782. The van der Waals surface area contributed by atoms with Crippen LogP contribution < -0.4 is 10.6 Å². The van der Waals surface area contributed by atoms with Gasteiger partial charge in [-0.05, 0) is 27.3 Å². The Morgan fingerprint density at radius 1 is 1.60 bits per heavy atom. The largest absolute Gasteiger partial charge is 0.374 e. The fraction of sp³-hybridized carbons (Fsp3) is 0.750. The fourth-order valence-electron chi connectivity index (χ4n) is 0.782. The third kappa shape index (κ3) is 4.39. The van der Waals surface area contributed by atoms with Crippen LogP contribution in [0.3, 0.4) is 0 Å². The highest BCUT2D eigenvalue weighted by Gasteiger charge is 1.95. The van der Waals surface area contributed by atoms with Gasteiger partial charge >= 0.3 is 0 Å². The van der Waals surface area contributed by atoms with E-state index in [4.69, 9.17) is 0 Å². The molecule has 0 rings (SSSR count). The second kappa shape index (κ2) is 5.30. The molecule has 0 aromatic carbocycles. The van der Waals surface area contributed by atoms with Crippen LogP contribution in [0.2, 0.25) is 0 Å². The van der Waals surface area contributed by atoms with E-state index in [-0.39, 0.29) is 0 Å². The van der Waals surface area contributed by atoms with Crippen LogP contribution in [-0.4, -0.2) is 12.7 Å². The Hall–Kier alpha value is -0.500. The lowest BCUT2D eigenvalue weighted by Crippen LogP contribution is -2.38. The van der Waals surface area contributed by atoms with Crippen LogP contribution in [0.25, 0.3) is 0 Å². The normalized spacial score (nSPS) is 15.0. The molecule has 0 saturated carbocycles. The first-order valence-corrected chi connectivity index (χ1v) is 3.83. The van der Waals surface area contributed by atoms with Crippen molar-refractivity contribution in [3.63, 3.8) is 0 Å². The van der Waals surface area contributed by atoms with Crippen LogP contribution in [-0.2, 0) is 0 Å². The van der Waals surface area contributed by atoms with Gasteiger partial charge in [0.05, 0.1) is 6.17 Å². The molecule has 60 valence electrons. The van der Waals surface area contributed by atoms with Crippen LogP contribution in [0, 0.1) is 0 Å².